The summed E-state index contributed by atoms with van der Waals surface area (Å²) in [4.78, 5) is 0. The summed E-state index contributed by atoms with van der Waals surface area (Å²) in [5, 5.41) is 6.23. The molecule has 88 valence electrons. The van der Waals surface area contributed by atoms with Gasteiger partial charge in [0.25, 0.3) is 0 Å². The average Bonchev–Trinajstić information content (AvgIpc) is 2.22. The topological polar surface area (TPSA) is 76.1 Å². The Morgan fingerprint density at radius 1 is 1.20 bits per heavy atom. The third kappa shape index (κ3) is 5.88. The van der Waals surface area contributed by atoms with E-state index in [0.29, 0.717) is 0 Å². The van der Waals surface area contributed by atoms with Gasteiger partial charge in [0.15, 0.2) is 0 Å². The Kier molecular flexibility index (Phi) is 7.32. The highest BCUT2D eigenvalue weighted by Gasteiger charge is 2.01. The van der Waals surface area contributed by atoms with Gasteiger partial charge in [-0.05, 0) is 18.8 Å². The molecular weight excluding hydrogens is 188 g/mol. The van der Waals surface area contributed by atoms with E-state index in [1.165, 1.54) is 18.8 Å². The Morgan fingerprint density at radius 3 is 2.20 bits per heavy atom. The molecule has 0 saturated heterocycles. The average molecular weight is 212 g/mol. The van der Waals surface area contributed by atoms with Gasteiger partial charge in [0.1, 0.15) is 0 Å². The molecule has 0 fully saturated rings. The molecule has 0 saturated carbocycles. The number of hydrogen-bond donors (Lipinski definition) is 4. The van der Waals surface area contributed by atoms with E-state index in [1.54, 1.807) is 0 Å². The lowest BCUT2D eigenvalue weighted by Crippen LogP contribution is -2.24. The van der Waals surface area contributed by atoms with Gasteiger partial charge in [-0.1, -0.05) is 13.8 Å². The third-order valence-corrected chi connectivity index (χ3v) is 2.17. The van der Waals surface area contributed by atoms with Crippen LogP contribution in [0.1, 0.15) is 26.7 Å². The number of likely N-dealkylation sites (N-methyl/N-ethyl adjacent to an activating group) is 1. The highest BCUT2D eigenvalue weighted by atomic mass is 15.0. The number of nitrogens with one attached hydrogen (secondary N) is 2. The first-order valence-corrected chi connectivity index (χ1v) is 5.41. The molecule has 0 aromatic carbocycles. The Balaban J connectivity index is 3.92. The second-order valence-corrected chi connectivity index (χ2v) is 3.87. The molecule has 0 aliphatic heterocycles. The molecule has 0 atom stereocenters. The molecule has 0 bridgehead atoms. The van der Waals surface area contributed by atoms with Crippen molar-refractivity contribution in [1.29, 1.82) is 0 Å². The van der Waals surface area contributed by atoms with Crippen LogP contribution in [-0.4, -0.2) is 13.6 Å². The molecule has 15 heavy (non-hydrogen) atoms. The first-order chi connectivity index (χ1) is 7.15. The Bertz CT molecular complexity index is 219. The highest BCUT2D eigenvalue weighted by Crippen LogP contribution is 2.04. The largest absolute Gasteiger partial charge is 0.403 e. The normalized spacial score (nSPS) is 13.1. The molecule has 4 heteroatoms. The maximum atomic E-state index is 5.51. The summed E-state index contributed by atoms with van der Waals surface area (Å²) >= 11 is 0. The fourth-order valence-corrected chi connectivity index (χ4v) is 1.29. The van der Waals surface area contributed by atoms with Gasteiger partial charge in [-0.2, -0.15) is 0 Å². The minimum atomic E-state index is 0.742. The van der Waals surface area contributed by atoms with Gasteiger partial charge in [-0.25, -0.2) is 0 Å². The minimum Gasteiger partial charge on any atom is -0.403 e. The van der Waals surface area contributed by atoms with Gasteiger partial charge in [0, 0.05) is 26.0 Å². The van der Waals surface area contributed by atoms with E-state index in [2.05, 4.69) is 24.5 Å². The van der Waals surface area contributed by atoms with Crippen molar-refractivity contribution in [1.82, 2.24) is 10.6 Å². The van der Waals surface area contributed by atoms with Crippen molar-refractivity contribution in [3.05, 3.63) is 23.8 Å². The van der Waals surface area contributed by atoms with E-state index >= 15 is 0 Å². The fraction of sp³-hybridized carbons (Fsp3) is 0.636. The molecule has 0 aromatic rings. The van der Waals surface area contributed by atoms with E-state index in [1.807, 2.05) is 7.05 Å². The van der Waals surface area contributed by atoms with Crippen LogP contribution in [0.4, 0.5) is 0 Å². The predicted octanol–water partition coefficient (Wildman–Crippen LogP) is 0.832. The summed E-state index contributed by atoms with van der Waals surface area (Å²) in [5.41, 5.74) is 12.6. The number of nitrogens with two attached hydrogens (primary N) is 2. The molecule has 0 radical (unpaired) electrons. The molecule has 0 aliphatic rings. The lowest BCUT2D eigenvalue weighted by molar-refractivity contribution is 0.543. The molecule has 0 spiro atoms. The number of rotatable bonds is 7. The maximum absolute atomic E-state index is 5.51. The van der Waals surface area contributed by atoms with Gasteiger partial charge in [0.05, 0.1) is 11.4 Å². The molecule has 0 aliphatic carbocycles. The monoisotopic (exact) mass is 212 g/mol. The maximum Gasteiger partial charge on any atom is 0.0748 e. The third-order valence-electron chi connectivity index (χ3n) is 2.17. The second kappa shape index (κ2) is 8.03. The molecule has 0 heterocycles. The van der Waals surface area contributed by atoms with Crippen LogP contribution in [0, 0.1) is 5.92 Å². The van der Waals surface area contributed by atoms with E-state index in [0.717, 1.165) is 30.3 Å². The van der Waals surface area contributed by atoms with Gasteiger partial charge in [-0.15, -0.1) is 0 Å². The first kappa shape index (κ1) is 13.7. The Morgan fingerprint density at radius 2 is 1.80 bits per heavy atom. The van der Waals surface area contributed by atoms with Crippen LogP contribution in [0.15, 0.2) is 23.8 Å². The fourth-order valence-electron chi connectivity index (χ4n) is 1.29. The van der Waals surface area contributed by atoms with E-state index < -0.39 is 0 Å². The number of hydrogen-bond acceptors (Lipinski definition) is 4. The smallest absolute Gasteiger partial charge is 0.0748 e. The van der Waals surface area contributed by atoms with Crippen molar-refractivity contribution >= 4 is 0 Å². The van der Waals surface area contributed by atoms with Crippen molar-refractivity contribution in [3.8, 4) is 0 Å². The van der Waals surface area contributed by atoms with Crippen molar-refractivity contribution < 1.29 is 0 Å². The Labute approximate surface area is 92.8 Å². The molecule has 4 nitrogen and oxygen atoms in total. The van der Waals surface area contributed by atoms with E-state index in [-0.39, 0.29) is 0 Å². The molecule has 0 rings (SSSR count). The van der Waals surface area contributed by atoms with Crippen molar-refractivity contribution in [2.24, 2.45) is 17.4 Å². The minimum absolute atomic E-state index is 0.742. The van der Waals surface area contributed by atoms with Crippen LogP contribution in [0.25, 0.3) is 0 Å². The lowest BCUT2D eigenvalue weighted by Gasteiger charge is -2.13. The molecular formula is C11H24N4. The van der Waals surface area contributed by atoms with Crippen LogP contribution in [0.2, 0.25) is 0 Å². The van der Waals surface area contributed by atoms with Gasteiger partial charge >= 0.3 is 0 Å². The first-order valence-electron chi connectivity index (χ1n) is 5.41. The molecule has 0 aromatic heterocycles. The van der Waals surface area contributed by atoms with Crippen LogP contribution in [0.3, 0.4) is 0 Å². The van der Waals surface area contributed by atoms with Crippen LogP contribution >= 0.6 is 0 Å². The second-order valence-electron chi connectivity index (χ2n) is 3.87. The standard InChI is InChI=1S/C11H24N4/c1-9(2)5-4-6-15-11(8-13)10(7-12)14-3/h7-9,14-15H,4-6,12-13H2,1-3H3/b10-7+,11-8+. The van der Waals surface area contributed by atoms with E-state index in [9.17, 15) is 0 Å². The predicted molar refractivity (Wildman–Crippen MR) is 65.7 cm³/mol. The van der Waals surface area contributed by atoms with Crippen molar-refractivity contribution in [3.63, 3.8) is 0 Å². The van der Waals surface area contributed by atoms with Crippen LogP contribution in [0.5, 0.6) is 0 Å². The zero-order valence-corrected chi connectivity index (χ0v) is 10.0. The highest BCUT2D eigenvalue weighted by molar-refractivity contribution is 5.25. The van der Waals surface area contributed by atoms with Gasteiger partial charge in [0.2, 0.25) is 0 Å². The summed E-state index contributed by atoms with van der Waals surface area (Å²) in [5.74, 6) is 0.742. The zero-order chi connectivity index (χ0) is 11.7. The van der Waals surface area contributed by atoms with Crippen LogP contribution in [-0.2, 0) is 0 Å². The summed E-state index contributed by atoms with van der Waals surface area (Å²) in [6.07, 6.45) is 5.39. The van der Waals surface area contributed by atoms with Gasteiger partial charge < -0.3 is 22.1 Å². The molecule has 0 unspecified atom stereocenters. The lowest BCUT2D eigenvalue weighted by atomic mass is 10.1. The zero-order valence-electron chi connectivity index (χ0n) is 10.0. The molecule has 6 N–H and O–H groups in total. The summed E-state index contributed by atoms with van der Waals surface area (Å²) in [7, 11) is 1.82. The van der Waals surface area contributed by atoms with Crippen LogP contribution < -0.4 is 22.1 Å². The van der Waals surface area contributed by atoms with Crippen molar-refractivity contribution in [2.75, 3.05) is 13.6 Å². The quantitative estimate of drug-likeness (QED) is 0.372. The summed E-state index contributed by atoms with van der Waals surface area (Å²) in [6, 6.07) is 0. The summed E-state index contributed by atoms with van der Waals surface area (Å²) < 4.78 is 0. The van der Waals surface area contributed by atoms with Crippen molar-refractivity contribution in [2.45, 2.75) is 26.7 Å². The van der Waals surface area contributed by atoms with E-state index in [4.69, 9.17) is 11.5 Å². The van der Waals surface area contributed by atoms with Gasteiger partial charge in [-0.3, -0.25) is 0 Å². The molecule has 0 amide bonds. The SMILES string of the molecule is CNC(=C/N)/C(=C\N)NCCCC(C)C. The Hall–Kier alpha value is -1.32. The summed E-state index contributed by atoms with van der Waals surface area (Å²) in [6.45, 7) is 5.36.